The lowest BCUT2D eigenvalue weighted by atomic mass is 10.3. The maximum absolute atomic E-state index is 5.68. The van der Waals surface area contributed by atoms with Crippen LogP contribution in [-0.2, 0) is 4.74 Å². The van der Waals surface area contributed by atoms with Crippen LogP contribution in [0, 0.1) is 6.07 Å². The van der Waals surface area contributed by atoms with Gasteiger partial charge >= 0.3 is 0 Å². The quantitative estimate of drug-likeness (QED) is 0.768. The predicted molar refractivity (Wildman–Crippen MR) is 50.5 cm³/mol. The molecular formula is C8H7BrClO2. The van der Waals surface area contributed by atoms with Crippen LogP contribution in [0.25, 0.3) is 0 Å². The molecule has 0 saturated carbocycles. The van der Waals surface area contributed by atoms with Gasteiger partial charge in [0.05, 0.1) is 4.47 Å². The molecule has 0 aliphatic carbocycles. The third kappa shape index (κ3) is 2.66. The smallest absolute Gasteiger partial charge is 0.188 e. The number of methoxy groups -OCH3 is 1. The molecule has 12 heavy (non-hydrogen) atoms. The molecule has 0 heterocycles. The molecule has 0 aliphatic heterocycles. The fourth-order valence-electron chi connectivity index (χ4n) is 0.664. The van der Waals surface area contributed by atoms with Crippen molar-refractivity contribution in [3.8, 4) is 5.75 Å². The molecule has 1 rings (SSSR count). The summed E-state index contributed by atoms with van der Waals surface area (Å²) in [6.07, 6.45) is 0. The first-order valence-corrected chi connectivity index (χ1v) is 4.40. The Morgan fingerprint density at radius 3 is 2.92 bits per heavy atom. The lowest BCUT2D eigenvalue weighted by molar-refractivity contribution is 0.0506. The first-order chi connectivity index (χ1) is 5.74. The van der Waals surface area contributed by atoms with Gasteiger partial charge in [-0.05, 0) is 28.1 Å². The predicted octanol–water partition coefficient (Wildman–Crippen LogP) is 2.89. The highest BCUT2D eigenvalue weighted by molar-refractivity contribution is 9.10. The third-order valence-electron chi connectivity index (χ3n) is 1.16. The van der Waals surface area contributed by atoms with Gasteiger partial charge in [0, 0.05) is 18.2 Å². The minimum Gasteiger partial charge on any atom is -0.466 e. The maximum Gasteiger partial charge on any atom is 0.188 e. The molecule has 2 nitrogen and oxygen atoms in total. The summed E-state index contributed by atoms with van der Waals surface area (Å²) in [7, 11) is 1.56. The van der Waals surface area contributed by atoms with Crippen LogP contribution in [0.5, 0.6) is 5.75 Å². The summed E-state index contributed by atoms with van der Waals surface area (Å²) < 4.78 is 10.6. The minimum atomic E-state index is 0.216. The summed E-state index contributed by atoms with van der Waals surface area (Å²) in [6, 6.07) is 6.31. The van der Waals surface area contributed by atoms with Crippen molar-refractivity contribution in [3.05, 3.63) is 27.7 Å². The van der Waals surface area contributed by atoms with E-state index in [2.05, 4.69) is 22.0 Å². The normalized spacial score (nSPS) is 9.92. The SMILES string of the molecule is COCOc1ccc(Cl)[c]c1Br. The van der Waals surface area contributed by atoms with Crippen LogP contribution in [0.4, 0.5) is 0 Å². The van der Waals surface area contributed by atoms with Crippen molar-refractivity contribution in [2.75, 3.05) is 13.9 Å². The van der Waals surface area contributed by atoms with Crippen LogP contribution in [0.15, 0.2) is 16.6 Å². The van der Waals surface area contributed by atoms with Crippen LogP contribution in [0.1, 0.15) is 0 Å². The van der Waals surface area contributed by atoms with Gasteiger partial charge in [-0.1, -0.05) is 11.6 Å². The molecule has 0 spiro atoms. The van der Waals surface area contributed by atoms with E-state index in [0.29, 0.717) is 15.2 Å². The molecule has 0 N–H and O–H groups in total. The van der Waals surface area contributed by atoms with E-state index in [4.69, 9.17) is 21.1 Å². The Hall–Kier alpha value is -0.250. The van der Waals surface area contributed by atoms with E-state index in [1.54, 1.807) is 19.2 Å². The van der Waals surface area contributed by atoms with Crippen molar-refractivity contribution in [3.63, 3.8) is 0 Å². The lowest BCUT2D eigenvalue weighted by Crippen LogP contribution is -1.99. The van der Waals surface area contributed by atoms with E-state index in [1.807, 2.05) is 0 Å². The molecule has 4 heteroatoms. The summed E-state index contributed by atoms with van der Waals surface area (Å²) in [6.45, 7) is 0.216. The molecule has 0 saturated heterocycles. The van der Waals surface area contributed by atoms with Crippen LogP contribution in [0.2, 0.25) is 5.02 Å². The first kappa shape index (κ1) is 9.84. The summed E-state index contributed by atoms with van der Waals surface area (Å²) in [5.41, 5.74) is 0. The molecule has 0 aliphatic rings. The second-order valence-electron chi connectivity index (χ2n) is 2.04. The fraction of sp³-hybridized carbons (Fsp3) is 0.250. The summed E-state index contributed by atoms with van der Waals surface area (Å²) in [4.78, 5) is 0. The topological polar surface area (TPSA) is 18.5 Å². The number of rotatable bonds is 3. The van der Waals surface area contributed by atoms with E-state index in [1.165, 1.54) is 0 Å². The molecule has 0 fully saturated rings. The molecule has 0 amide bonds. The van der Waals surface area contributed by atoms with Gasteiger partial charge in [0.1, 0.15) is 5.75 Å². The van der Waals surface area contributed by atoms with E-state index in [-0.39, 0.29) is 6.79 Å². The highest BCUT2D eigenvalue weighted by Crippen LogP contribution is 2.27. The number of benzene rings is 1. The Morgan fingerprint density at radius 1 is 1.58 bits per heavy atom. The van der Waals surface area contributed by atoms with E-state index >= 15 is 0 Å². The zero-order valence-electron chi connectivity index (χ0n) is 6.43. The Labute approximate surface area is 84.6 Å². The lowest BCUT2D eigenvalue weighted by Gasteiger charge is -2.05. The van der Waals surface area contributed by atoms with Gasteiger partial charge in [-0.25, -0.2) is 0 Å². The minimum absolute atomic E-state index is 0.216. The van der Waals surface area contributed by atoms with Crippen LogP contribution in [0.3, 0.4) is 0 Å². The van der Waals surface area contributed by atoms with Crippen molar-refractivity contribution in [2.45, 2.75) is 0 Å². The molecule has 0 aromatic heterocycles. The molecule has 0 atom stereocenters. The Bertz CT molecular complexity index is 265. The first-order valence-electron chi connectivity index (χ1n) is 3.23. The van der Waals surface area contributed by atoms with Gasteiger partial charge < -0.3 is 9.47 Å². The van der Waals surface area contributed by atoms with Crippen molar-refractivity contribution in [1.82, 2.24) is 0 Å². The molecule has 1 radical (unpaired) electrons. The summed E-state index contributed by atoms with van der Waals surface area (Å²) in [5, 5.41) is 0.548. The van der Waals surface area contributed by atoms with Crippen molar-refractivity contribution >= 4 is 27.5 Å². The van der Waals surface area contributed by atoms with Crippen LogP contribution in [-0.4, -0.2) is 13.9 Å². The van der Waals surface area contributed by atoms with Gasteiger partial charge in [-0.3, -0.25) is 0 Å². The summed E-state index contributed by atoms with van der Waals surface area (Å²) >= 11 is 8.94. The second-order valence-corrected chi connectivity index (χ2v) is 3.24. The molecule has 1 aromatic carbocycles. The average Bonchev–Trinajstić information content (AvgIpc) is 2.03. The van der Waals surface area contributed by atoms with E-state index < -0.39 is 0 Å². The van der Waals surface area contributed by atoms with Gasteiger partial charge in [0.25, 0.3) is 0 Å². The highest BCUT2D eigenvalue weighted by Gasteiger charge is 2.00. The van der Waals surface area contributed by atoms with Gasteiger partial charge in [0.2, 0.25) is 0 Å². The molecule has 0 unspecified atom stereocenters. The standard InChI is InChI=1S/C8H7BrClO2/c1-11-5-12-8-3-2-6(10)4-7(8)9/h2-3H,5H2,1H3. The Balaban J connectivity index is 2.72. The Morgan fingerprint density at radius 2 is 2.33 bits per heavy atom. The molecular weight excluding hydrogens is 243 g/mol. The maximum atomic E-state index is 5.68. The van der Waals surface area contributed by atoms with Crippen LogP contribution >= 0.6 is 27.5 Å². The zero-order chi connectivity index (χ0) is 8.97. The molecule has 65 valence electrons. The average molecular weight is 250 g/mol. The molecule has 1 aromatic rings. The van der Waals surface area contributed by atoms with E-state index in [9.17, 15) is 0 Å². The largest absolute Gasteiger partial charge is 0.466 e. The number of hydrogen-bond acceptors (Lipinski definition) is 2. The van der Waals surface area contributed by atoms with Crippen molar-refractivity contribution < 1.29 is 9.47 Å². The van der Waals surface area contributed by atoms with Crippen LogP contribution < -0.4 is 4.74 Å². The van der Waals surface area contributed by atoms with Crippen molar-refractivity contribution in [2.24, 2.45) is 0 Å². The van der Waals surface area contributed by atoms with E-state index in [0.717, 1.165) is 0 Å². The number of ether oxygens (including phenoxy) is 2. The number of halogens is 2. The zero-order valence-corrected chi connectivity index (χ0v) is 8.78. The van der Waals surface area contributed by atoms with Gasteiger partial charge in [-0.15, -0.1) is 0 Å². The Kier molecular flexibility index (Phi) is 3.85. The molecule has 0 bridgehead atoms. The number of hydrogen-bond donors (Lipinski definition) is 0. The monoisotopic (exact) mass is 249 g/mol. The highest BCUT2D eigenvalue weighted by atomic mass is 79.9. The van der Waals surface area contributed by atoms with Gasteiger partial charge in [0.15, 0.2) is 6.79 Å². The third-order valence-corrected chi connectivity index (χ3v) is 1.97. The summed E-state index contributed by atoms with van der Waals surface area (Å²) in [5.74, 6) is 0.668. The van der Waals surface area contributed by atoms with Gasteiger partial charge in [-0.2, -0.15) is 0 Å². The van der Waals surface area contributed by atoms with Crippen molar-refractivity contribution in [1.29, 1.82) is 0 Å². The fourth-order valence-corrected chi connectivity index (χ4v) is 1.40. The second kappa shape index (κ2) is 4.70.